The summed E-state index contributed by atoms with van der Waals surface area (Å²) < 4.78 is 0. The molecule has 0 aromatic carbocycles. The van der Waals surface area contributed by atoms with Gasteiger partial charge in [-0.15, -0.1) is 0 Å². The number of hydrogen-bond donors (Lipinski definition) is 1. The average molecular weight is 223 g/mol. The van der Waals surface area contributed by atoms with Gasteiger partial charge in [-0.2, -0.15) is 5.26 Å². The van der Waals surface area contributed by atoms with Crippen molar-refractivity contribution < 1.29 is 4.79 Å². The Labute approximate surface area is 97.6 Å². The fourth-order valence-electron chi connectivity index (χ4n) is 1.98. The maximum Gasteiger partial charge on any atom is 0.237 e. The van der Waals surface area contributed by atoms with Gasteiger partial charge in [0.25, 0.3) is 0 Å². The van der Waals surface area contributed by atoms with Crippen LogP contribution < -0.4 is 5.32 Å². The second-order valence-electron chi connectivity index (χ2n) is 4.28. The highest BCUT2D eigenvalue weighted by Gasteiger charge is 2.15. The van der Waals surface area contributed by atoms with E-state index in [2.05, 4.69) is 10.2 Å². The zero-order valence-corrected chi connectivity index (χ0v) is 10.0. The van der Waals surface area contributed by atoms with Crippen LogP contribution in [0.5, 0.6) is 0 Å². The molecule has 1 heterocycles. The largest absolute Gasteiger partial charge is 0.354 e. The molecular weight excluding hydrogens is 202 g/mol. The Bertz CT molecular complexity index is 253. The molecule has 16 heavy (non-hydrogen) atoms. The highest BCUT2D eigenvalue weighted by Crippen LogP contribution is 2.07. The number of nitriles is 1. The fourth-order valence-corrected chi connectivity index (χ4v) is 1.98. The third-order valence-corrected chi connectivity index (χ3v) is 3.06. The maximum atomic E-state index is 11.5. The summed E-state index contributed by atoms with van der Waals surface area (Å²) >= 11 is 0. The SMILES string of the molecule is CCC(C#N)C(=O)NCCN1CCCCC1. The molecule has 0 aromatic rings. The Hall–Kier alpha value is -1.08. The van der Waals surface area contributed by atoms with Crippen LogP contribution in [0.4, 0.5) is 0 Å². The number of amides is 1. The van der Waals surface area contributed by atoms with Gasteiger partial charge in [-0.3, -0.25) is 4.79 Å². The predicted octanol–water partition coefficient (Wildman–Crippen LogP) is 1.14. The molecule has 0 spiro atoms. The van der Waals surface area contributed by atoms with Crippen molar-refractivity contribution in [3.05, 3.63) is 0 Å². The molecule has 0 bridgehead atoms. The molecule has 1 aliphatic heterocycles. The summed E-state index contributed by atoms with van der Waals surface area (Å²) in [6.07, 6.45) is 4.45. The number of rotatable bonds is 5. The van der Waals surface area contributed by atoms with Crippen molar-refractivity contribution >= 4 is 5.91 Å². The van der Waals surface area contributed by atoms with Crippen LogP contribution in [0.15, 0.2) is 0 Å². The van der Waals surface area contributed by atoms with Crippen LogP contribution in [0.25, 0.3) is 0 Å². The number of carbonyl (C=O) groups is 1. The van der Waals surface area contributed by atoms with Crippen molar-refractivity contribution in [2.75, 3.05) is 26.2 Å². The molecule has 1 fully saturated rings. The van der Waals surface area contributed by atoms with Crippen molar-refractivity contribution in [3.8, 4) is 6.07 Å². The average Bonchev–Trinajstić information content (AvgIpc) is 2.32. The third-order valence-electron chi connectivity index (χ3n) is 3.06. The van der Waals surface area contributed by atoms with Gasteiger partial charge in [0.15, 0.2) is 0 Å². The van der Waals surface area contributed by atoms with E-state index in [1.54, 1.807) is 0 Å². The van der Waals surface area contributed by atoms with E-state index in [0.717, 1.165) is 19.6 Å². The molecular formula is C12H21N3O. The van der Waals surface area contributed by atoms with Gasteiger partial charge in [0.2, 0.25) is 5.91 Å². The number of likely N-dealkylation sites (tertiary alicyclic amines) is 1. The number of piperidine rings is 1. The minimum absolute atomic E-state index is 0.123. The highest BCUT2D eigenvalue weighted by atomic mass is 16.1. The minimum atomic E-state index is -0.485. The summed E-state index contributed by atoms with van der Waals surface area (Å²) in [7, 11) is 0. The Kier molecular flexibility index (Phi) is 5.87. The molecule has 1 unspecified atom stereocenters. The summed E-state index contributed by atoms with van der Waals surface area (Å²) in [4.78, 5) is 13.9. The van der Waals surface area contributed by atoms with Crippen molar-refractivity contribution in [2.24, 2.45) is 5.92 Å². The van der Waals surface area contributed by atoms with E-state index < -0.39 is 5.92 Å². The lowest BCUT2D eigenvalue weighted by molar-refractivity contribution is -0.123. The van der Waals surface area contributed by atoms with Gasteiger partial charge in [0, 0.05) is 13.1 Å². The molecule has 1 amide bonds. The van der Waals surface area contributed by atoms with Crippen molar-refractivity contribution in [3.63, 3.8) is 0 Å². The molecule has 1 saturated heterocycles. The lowest BCUT2D eigenvalue weighted by atomic mass is 10.1. The number of hydrogen-bond acceptors (Lipinski definition) is 3. The zero-order valence-electron chi connectivity index (χ0n) is 10.0. The van der Waals surface area contributed by atoms with Gasteiger partial charge in [-0.1, -0.05) is 13.3 Å². The van der Waals surface area contributed by atoms with Crippen molar-refractivity contribution in [2.45, 2.75) is 32.6 Å². The Balaban J connectivity index is 2.14. The third kappa shape index (κ3) is 4.19. The second-order valence-corrected chi connectivity index (χ2v) is 4.28. The second kappa shape index (κ2) is 7.24. The summed E-state index contributed by atoms with van der Waals surface area (Å²) in [5.74, 6) is -0.608. The van der Waals surface area contributed by atoms with E-state index in [4.69, 9.17) is 5.26 Å². The quantitative estimate of drug-likeness (QED) is 0.760. The van der Waals surface area contributed by atoms with Gasteiger partial charge in [0.1, 0.15) is 5.92 Å². The van der Waals surface area contributed by atoms with Crippen LogP contribution in [0, 0.1) is 17.2 Å². The smallest absolute Gasteiger partial charge is 0.237 e. The number of carbonyl (C=O) groups excluding carboxylic acids is 1. The molecule has 4 heteroatoms. The summed E-state index contributed by atoms with van der Waals surface area (Å²) in [6, 6.07) is 2.01. The molecule has 0 saturated carbocycles. The Morgan fingerprint density at radius 1 is 1.44 bits per heavy atom. The lowest BCUT2D eigenvalue weighted by Gasteiger charge is -2.26. The number of nitrogens with zero attached hydrogens (tertiary/aromatic N) is 2. The fraction of sp³-hybridized carbons (Fsp3) is 0.833. The summed E-state index contributed by atoms with van der Waals surface area (Å²) in [5, 5.41) is 11.6. The first-order valence-corrected chi connectivity index (χ1v) is 6.17. The molecule has 0 aromatic heterocycles. The highest BCUT2D eigenvalue weighted by molar-refractivity contribution is 5.80. The molecule has 90 valence electrons. The van der Waals surface area contributed by atoms with E-state index in [1.807, 2.05) is 13.0 Å². The molecule has 1 aliphatic rings. The van der Waals surface area contributed by atoms with E-state index in [9.17, 15) is 4.79 Å². The van der Waals surface area contributed by atoms with Gasteiger partial charge in [-0.05, 0) is 32.4 Å². The van der Waals surface area contributed by atoms with E-state index >= 15 is 0 Å². The van der Waals surface area contributed by atoms with Crippen LogP contribution in [0.3, 0.4) is 0 Å². The van der Waals surface area contributed by atoms with Crippen molar-refractivity contribution in [1.82, 2.24) is 10.2 Å². The van der Waals surface area contributed by atoms with Gasteiger partial charge in [0.05, 0.1) is 6.07 Å². The molecule has 1 atom stereocenters. The normalized spacial score (nSPS) is 18.8. The number of nitrogens with one attached hydrogen (secondary N) is 1. The van der Waals surface area contributed by atoms with Crippen molar-refractivity contribution in [1.29, 1.82) is 5.26 Å². The minimum Gasteiger partial charge on any atom is -0.354 e. The van der Waals surface area contributed by atoms with Crippen LogP contribution in [-0.2, 0) is 4.79 Å². The van der Waals surface area contributed by atoms with Gasteiger partial charge < -0.3 is 10.2 Å². The van der Waals surface area contributed by atoms with Gasteiger partial charge >= 0.3 is 0 Å². The molecule has 0 radical (unpaired) electrons. The van der Waals surface area contributed by atoms with E-state index in [0.29, 0.717) is 13.0 Å². The van der Waals surface area contributed by atoms with E-state index in [1.165, 1.54) is 19.3 Å². The zero-order chi connectivity index (χ0) is 11.8. The van der Waals surface area contributed by atoms with Crippen LogP contribution in [0.1, 0.15) is 32.6 Å². The first-order valence-electron chi connectivity index (χ1n) is 6.17. The lowest BCUT2D eigenvalue weighted by Crippen LogP contribution is -2.39. The summed E-state index contributed by atoms with van der Waals surface area (Å²) in [6.45, 7) is 5.72. The monoisotopic (exact) mass is 223 g/mol. The molecule has 1 N–H and O–H groups in total. The topological polar surface area (TPSA) is 56.1 Å². The first-order chi connectivity index (χ1) is 7.77. The van der Waals surface area contributed by atoms with Crippen LogP contribution in [0.2, 0.25) is 0 Å². The predicted molar refractivity (Wildman–Crippen MR) is 62.7 cm³/mol. The first kappa shape index (κ1) is 13.0. The molecule has 4 nitrogen and oxygen atoms in total. The molecule has 1 rings (SSSR count). The van der Waals surface area contributed by atoms with Crippen LogP contribution in [-0.4, -0.2) is 37.0 Å². The van der Waals surface area contributed by atoms with E-state index in [-0.39, 0.29) is 5.91 Å². The summed E-state index contributed by atoms with van der Waals surface area (Å²) in [5.41, 5.74) is 0. The van der Waals surface area contributed by atoms with Crippen LogP contribution >= 0.6 is 0 Å². The standard InChI is InChI=1S/C12H21N3O/c1-2-11(10-13)12(16)14-6-9-15-7-4-3-5-8-15/h11H,2-9H2,1H3,(H,14,16). The Morgan fingerprint density at radius 2 is 2.12 bits per heavy atom. The van der Waals surface area contributed by atoms with Gasteiger partial charge in [-0.25, -0.2) is 0 Å². The Morgan fingerprint density at radius 3 is 2.69 bits per heavy atom. The molecule has 0 aliphatic carbocycles. The maximum absolute atomic E-state index is 11.5.